The summed E-state index contributed by atoms with van der Waals surface area (Å²) in [5, 5.41) is 0. The van der Waals surface area contributed by atoms with Gasteiger partial charge in [0.15, 0.2) is 18.0 Å². The van der Waals surface area contributed by atoms with Gasteiger partial charge in [-0.25, -0.2) is 0 Å². The van der Waals surface area contributed by atoms with Crippen molar-refractivity contribution in [3.05, 3.63) is 54.6 Å². The van der Waals surface area contributed by atoms with Crippen molar-refractivity contribution in [2.45, 2.75) is 115 Å². The zero-order valence-electron chi connectivity index (χ0n) is 28.1. The molecule has 260 valence electrons. The molecule has 3 rings (SSSR count). The molecule has 0 bridgehead atoms. The predicted octanol–water partition coefficient (Wildman–Crippen LogP) is 4.21. The second-order valence-electron chi connectivity index (χ2n) is 11.9. The fourth-order valence-electron chi connectivity index (χ4n) is 5.60. The fraction of sp³-hybridized carbons (Fsp3) is 0.600. The van der Waals surface area contributed by atoms with Crippen molar-refractivity contribution in [3.63, 3.8) is 0 Å². The van der Waals surface area contributed by atoms with Gasteiger partial charge in [-0.3, -0.25) is 19.2 Å². The summed E-state index contributed by atoms with van der Waals surface area (Å²) in [4.78, 5) is 49.5. The second kappa shape index (κ2) is 18.1. The Labute approximate surface area is 276 Å². The third-order valence-electron chi connectivity index (χ3n) is 7.81. The summed E-state index contributed by atoms with van der Waals surface area (Å²) in [6.07, 6.45) is -0.00855. The number of carbonyl (C=O) groups is 4. The van der Waals surface area contributed by atoms with Crippen molar-refractivity contribution < 1.29 is 57.1 Å². The van der Waals surface area contributed by atoms with Crippen LogP contribution in [0.2, 0.25) is 0 Å². The Morgan fingerprint density at radius 1 is 1.02 bits per heavy atom. The molecule has 2 heterocycles. The highest BCUT2D eigenvalue weighted by Crippen LogP contribution is 2.37. The van der Waals surface area contributed by atoms with Gasteiger partial charge in [0, 0.05) is 33.8 Å². The maximum absolute atomic E-state index is 13.4. The van der Waals surface area contributed by atoms with Crippen LogP contribution in [0.5, 0.6) is 5.75 Å². The van der Waals surface area contributed by atoms with E-state index in [1.807, 2.05) is 19.1 Å². The molecule has 0 saturated carbocycles. The van der Waals surface area contributed by atoms with Crippen molar-refractivity contribution >= 4 is 23.7 Å². The number of hydrogen-bond donors (Lipinski definition) is 0. The van der Waals surface area contributed by atoms with Crippen molar-refractivity contribution in [1.82, 2.24) is 0 Å². The predicted molar refractivity (Wildman–Crippen MR) is 169 cm³/mol. The van der Waals surface area contributed by atoms with Gasteiger partial charge in [-0.2, -0.15) is 0 Å². The summed E-state index contributed by atoms with van der Waals surface area (Å²) in [6, 6.07) is 7.32. The Kier molecular flexibility index (Phi) is 14.6. The van der Waals surface area contributed by atoms with Crippen molar-refractivity contribution in [2.75, 3.05) is 20.3 Å². The molecule has 0 N–H and O–H groups in total. The molecule has 2 aliphatic rings. The molecule has 0 spiro atoms. The summed E-state index contributed by atoms with van der Waals surface area (Å²) in [6.45, 7) is 11.7. The van der Waals surface area contributed by atoms with Gasteiger partial charge >= 0.3 is 17.9 Å². The minimum atomic E-state index is -1.24. The molecule has 0 aromatic heterocycles. The highest BCUT2D eigenvalue weighted by atomic mass is 16.6. The van der Waals surface area contributed by atoms with Crippen LogP contribution < -0.4 is 4.74 Å². The van der Waals surface area contributed by atoms with Crippen LogP contribution in [0.15, 0.2) is 49.1 Å². The maximum Gasteiger partial charge on any atom is 0.303 e. The molecule has 47 heavy (non-hydrogen) atoms. The van der Waals surface area contributed by atoms with Gasteiger partial charge in [-0.15, -0.1) is 6.58 Å². The van der Waals surface area contributed by atoms with E-state index in [0.717, 1.165) is 18.4 Å². The quantitative estimate of drug-likeness (QED) is 0.0964. The van der Waals surface area contributed by atoms with Crippen LogP contribution in [0.4, 0.5) is 0 Å². The van der Waals surface area contributed by atoms with Gasteiger partial charge in [0.1, 0.15) is 36.8 Å². The third kappa shape index (κ3) is 11.3. The number of hydrogen-bond acceptors (Lipinski definition) is 12. The Balaban J connectivity index is 2.05. The van der Waals surface area contributed by atoms with E-state index < -0.39 is 72.0 Å². The number of ketones is 1. The highest BCUT2D eigenvalue weighted by molar-refractivity contribution is 5.95. The summed E-state index contributed by atoms with van der Waals surface area (Å²) >= 11 is 0. The van der Waals surface area contributed by atoms with E-state index in [0.29, 0.717) is 18.8 Å². The van der Waals surface area contributed by atoms with E-state index in [4.69, 9.17) is 37.9 Å². The largest absolute Gasteiger partial charge is 0.497 e. The van der Waals surface area contributed by atoms with E-state index in [-0.39, 0.29) is 19.6 Å². The van der Waals surface area contributed by atoms with Gasteiger partial charge in [0.2, 0.25) is 0 Å². The van der Waals surface area contributed by atoms with Crippen molar-refractivity contribution in [1.29, 1.82) is 0 Å². The summed E-state index contributed by atoms with van der Waals surface area (Å²) < 4.78 is 47.6. The first-order valence-corrected chi connectivity index (χ1v) is 15.9. The molecular weight excluding hydrogens is 612 g/mol. The smallest absolute Gasteiger partial charge is 0.303 e. The van der Waals surface area contributed by atoms with Crippen LogP contribution in [0.1, 0.15) is 65.9 Å². The Morgan fingerprint density at radius 3 is 2.32 bits per heavy atom. The van der Waals surface area contributed by atoms with Gasteiger partial charge in [0.05, 0.1) is 25.4 Å². The molecule has 0 amide bonds. The minimum Gasteiger partial charge on any atom is -0.497 e. The number of esters is 3. The van der Waals surface area contributed by atoms with E-state index >= 15 is 0 Å². The van der Waals surface area contributed by atoms with Crippen LogP contribution in [0.3, 0.4) is 0 Å². The molecule has 1 aromatic carbocycles. The first-order chi connectivity index (χ1) is 22.4. The monoisotopic (exact) mass is 660 g/mol. The van der Waals surface area contributed by atoms with Crippen LogP contribution in [0.25, 0.3) is 0 Å². The average molecular weight is 661 g/mol. The lowest BCUT2D eigenvalue weighted by molar-refractivity contribution is -0.194. The van der Waals surface area contributed by atoms with E-state index in [1.165, 1.54) is 26.8 Å². The summed E-state index contributed by atoms with van der Waals surface area (Å²) in [5.74, 6) is -1.49. The number of rotatable bonds is 18. The van der Waals surface area contributed by atoms with Crippen LogP contribution in [0, 0.1) is 0 Å². The first-order valence-electron chi connectivity index (χ1n) is 15.9. The lowest BCUT2D eigenvalue weighted by Crippen LogP contribution is -2.55. The van der Waals surface area contributed by atoms with Crippen molar-refractivity contribution in [2.24, 2.45) is 0 Å². The van der Waals surface area contributed by atoms with Crippen LogP contribution in [-0.2, 0) is 58.9 Å². The van der Waals surface area contributed by atoms with E-state index in [2.05, 4.69) is 6.58 Å². The number of benzene rings is 1. The average Bonchev–Trinajstić information content (AvgIpc) is 3.35. The molecule has 1 fully saturated rings. The number of methoxy groups -OCH3 is 1. The molecule has 4 unspecified atom stereocenters. The second-order valence-corrected chi connectivity index (χ2v) is 11.9. The van der Waals surface area contributed by atoms with Gasteiger partial charge < -0.3 is 37.9 Å². The zero-order valence-corrected chi connectivity index (χ0v) is 28.1. The fourth-order valence-corrected chi connectivity index (χ4v) is 5.60. The van der Waals surface area contributed by atoms with Crippen LogP contribution >= 0.6 is 0 Å². The van der Waals surface area contributed by atoms with Gasteiger partial charge in [0.25, 0.3) is 0 Å². The Hall–Kier alpha value is -3.58. The van der Waals surface area contributed by atoms with E-state index in [9.17, 15) is 19.2 Å². The Bertz CT molecular complexity index is 1240. The van der Waals surface area contributed by atoms with Crippen molar-refractivity contribution in [3.8, 4) is 5.75 Å². The molecule has 8 atom stereocenters. The SMILES string of the molecule is C=CC[C@]1(C)C=CC(=O)C([C@@H](OC(C)=O)C2OC(C[C@H](COC(C)=O)OC(C)=O)C(OCCCC)[C@H]2OCc2ccc(OC)cc2)O1. The number of unbranched alkanes of at least 4 members (excludes halogenated alkanes) is 1. The molecule has 1 aromatic rings. The molecule has 0 aliphatic carbocycles. The van der Waals surface area contributed by atoms with Crippen LogP contribution in [-0.4, -0.2) is 92.3 Å². The zero-order chi connectivity index (χ0) is 34.6. The molecule has 0 radical (unpaired) electrons. The van der Waals surface area contributed by atoms with Gasteiger partial charge in [-0.1, -0.05) is 31.6 Å². The highest BCUT2D eigenvalue weighted by Gasteiger charge is 2.55. The lowest BCUT2D eigenvalue weighted by atomic mass is 9.91. The lowest BCUT2D eigenvalue weighted by Gasteiger charge is -2.39. The van der Waals surface area contributed by atoms with E-state index in [1.54, 1.807) is 38.3 Å². The standard InChI is InChI=1S/C35H48O12/c1-8-10-18-41-31-29(19-27(44-23(4)37)21-42-22(3)36)46-34(32(31)43-20-25-11-13-26(40-7)14-12-25)33(45-24(5)38)30-28(39)15-17-35(6,47-30)16-9-2/h9,11-15,17,27,29-34H,2,8,10,16,18-21H2,1,3-7H3/t27-,29?,30?,31?,32-,33-,34?,35-/m1/s1. The molecule has 1 saturated heterocycles. The Morgan fingerprint density at radius 2 is 1.72 bits per heavy atom. The molecule has 12 heteroatoms. The summed E-state index contributed by atoms with van der Waals surface area (Å²) in [7, 11) is 1.58. The first kappa shape index (κ1) is 37.9. The molecule has 12 nitrogen and oxygen atoms in total. The third-order valence-corrected chi connectivity index (χ3v) is 7.81. The molecular formula is C35H48O12. The number of carbonyl (C=O) groups excluding carboxylic acids is 4. The maximum atomic E-state index is 13.4. The normalized spacial score (nSPS) is 26.7. The van der Waals surface area contributed by atoms with Gasteiger partial charge in [-0.05, 0) is 49.6 Å². The number of ether oxygens (including phenoxy) is 8. The molecule has 2 aliphatic heterocycles. The minimum absolute atomic E-state index is 0.0584. The topological polar surface area (TPSA) is 142 Å². The summed E-state index contributed by atoms with van der Waals surface area (Å²) in [5.41, 5.74) is -0.0685.